The van der Waals surface area contributed by atoms with E-state index < -0.39 is 0 Å². The Bertz CT molecular complexity index is 288. The lowest BCUT2D eigenvalue weighted by molar-refractivity contribution is -0.132. The quantitative estimate of drug-likeness (QED) is 0.858. The Hall–Kier alpha value is 0.0300. The molecular formula is C14H27ClN2O2S. The second-order valence-corrected chi connectivity index (χ2v) is 6.92. The second-order valence-electron chi connectivity index (χ2n) is 5.34. The molecule has 2 unspecified atom stereocenters. The van der Waals surface area contributed by atoms with Crippen molar-refractivity contribution in [1.29, 1.82) is 0 Å². The van der Waals surface area contributed by atoms with Crippen LogP contribution in [0.15, 0.2) is 0 Å². The first-order valence-corrected chi connectivity index (χ1v) is 8.55. The van der Waals surface area contributed by atoms with Crippen molar-refractivity contribution in [2.24, 2.45) is 0 Å². The van der Waals surface area contributed by atoms with E-state index in [1.54, 1.807) is 0 Å². The molecule has 0 saturated carbocycles. The predicted molar refractivity (Wildman–Crippen MR) is 86.8 cm³/mol. The zero-order valence-electron chi connectivity index (χ0n) is 12.3. The van der Waals surface area contributed by atoms with E-state index in [0.717, 1.165) is 38.4 Å². The minimum absolute atomic E-state index is 0. The van der Waals surface area contributed by atoms with Crippen LogP contribution in [0, 0.1) is 0 Å². The molecule has 4 nitrogen and oxygen atoms in total. The van der Waals surface area contributed by atoms with E-state index >= 15 is 0 Å². The number of nitrogens with one attached hydrogen (secondary N) is 1. The van der Waals surface area contributed by atoms with Crippen LogP contribution >= 0.6 is 24.2 Å². The highest BCUT2D eigenvalue weighted by atomic mass is 35.5. The third-order valence-electron chi connectivity index (χ3n) is 3.80. The van der Waals surface area contributed by atoms with Crippen LogP contribution in [0.25, 0.3) is 0 Å². The monoisotopic (exact) mass is 322 g/mol. The van der Waals surface area contributed by atoms with Crippen LogP contribution in [0.3, 0.4) is 0 Å². The van der Waals surface area contributed by atoms with Gasteiger partial charge in [-0.05, 0) is 18.6 Å². The fourth-order valence-electron chi connectivity index (χ4n) is 2.79. The van der Waals surface area contributed by atoms with Crippen LogP contribution in [0.1, 0.15) is 32.6 Å². The number of hydrogen-bond donors (Lipinski definition) is 1. The number of ether oxygens (including phenoxy) is 1. The van der Waals surface area contributed by atoms with Crippen molar-refractivity contribution >= 4 is 30.1 Å². The Balaban J connectivity index is 0.00000200. The Morgan fingerprint density at radius 1 is 1.45 bits per heavy atom. The van der Waals surface area contributed by atoms with Gasteiger partial charge < -0.3 is 15.0 Å². The molecular weight excluding hydrogens is 296 g/mol. The topological polar surface area (TPSA) is 41.6 Å². The van der Waals surface area contributed by atoms with Crippen LogP contribution in [0.4, 0.5) is 0 Å². The van der Waals surface area contributed by atoms with E-state index in [1.165, 1.54) is 12.8 Å². The average Bonchev–Trinajstić information content (AvgIpc) is 2.66. The van der Waals surface area contributed by atoms with Crippen LogP contribution in [0.5, 0.6) is 0 Å². The molecule has 0 bridgehead atoms. The van der Waals surface area contributed by atoms with Gasteiger partial charge >= 0.3 is 0 Å². The van der Waals surface area contributed by atoms with Gasteiger partial charge in [0.15, 0.2) is 0 Å². The Kier molecular flexibility index (Phi) is 8.93. The number of rotatable bonds is 4. The van der Waals surface area contributed by atoms with Crippen molar-refractivity contribution in [3.63, 3.8) is 0 Å². The smallest absolute Gasteiger partial charge is 0.224 e. The van der Waals surface area contributed by atoms with Gasteiger partial charge in [0.05, 0.1) is 13.2 Å². The molecule has 2 heterocycles. The molecule has 118 valence electrons. The summed E-state index contributed by atoms with van der Waals surface area (Å²) in [5.74, 6) is 1.44. The van der Waals surface area contributed by atoms with Crippen molar-refractivity contribution in [2.75, 3.05) is 38.6 Å². The number of likely N-dealkylation sites (tertiary alicyclic amines) is 1. The molecule has 2 fully saturated rings. The maximum Gasteiger partial charge on any atom is 0.224 e. The van der Waals surface area contributed by atoms with Gasteiger partial charge in [0.2, 0.25) is 5.91 Å². The van der Waals surface area contributed by atoms with Gasteiger partial charge in [-0.1, -0.05) is 13.3 Å². The number of halogens is 1. The zero-order chi connectivity index (χ0) is 13.5. The molecule has 6 heteroatoms. The van der Waals surface area contributed by atoms with Crippen LogP contribution in [-0.2, 0) is 9.53 Å². The molecule has 2 saturated heterocycles. The van der Waals surface area contributed by atoms with Gasteiger partial charge in [0, 0.05) is 37.3 Å². The molecule has 2 rings (SSSR count). The molecule has 0 aromatic heterocycles. The lowest BCUT2D eigenvalue weighted by Crippen LogP contribution is -2.46. The van der Waals surface area contributed by atoms with Gasteiger partial charge in [0.25, 0.3) is 0 Å². The summed E-state index contributed by atoms with van der Waals surface area (Å²) in [6.45, 7) is 6.38. The summed E-state index contributed by atoms with van der Waals surface area (Å²) in [5, 5.41) is 3.99. The fourth-order valence-corrected chi connectivity index (χ4v) is 3.88. The standard InChI is InChI=1S/C14H26N2O2S.ClH/c1-2-19-13-5-3-4-7-16(10-13)14(17)9-12-11-18-8-6-15-12;/h12-13,15H,2-11H2,1H3;1H. The molecule has 0 radical (unpaired) electrons. The summed E-state index contributed by atoms with van der Waals surface area (Å²) in [5.41, 5.74) is 0. The second kappa shape index (κ2) is 9.87. The lowest BCUT2D eigenvalue weighted by atomic mass is 10.1. The van der Waals surface area contributed by atoms with Crippen molar-refractivity contribution in [3.05, 3.63) is 0 Å². The van der Waals surface area contributed by atoms with Gasteiger partial charge in [-0.25, -0.2) is 0 Å². The highest BCUT2D eigenvalue weighted by Gasteiger charge is 2.24. The number of nitrogens with zero attached hydrogens (tertiary/aromatic N) is 1. The summed E-state index contributed by atoms with van der Waals surface area (Å²) < 4.78 is 5.42. The first-order chi connectivity index (χ1) is 9.29. The molecule has 2 aliphatic heterocycles. The Morgan fingerprint density at radius 2 is 2.30 bits per heavy atom. The third-order valence-corrected chi connectivity index (χ3v) is 4.99. The first-order valence-electron chi connectivity index (χ1n) is 7.50. The number of thioether (sulfide) groups is 1. The molecule has 1 amide bonds. The van der Waals surface area contributed by atoms with Gasteiger partial charge in [-0.15, -0.1) is 12.4 Å². The number of carbonyl (C=O) groups is 1. The van der Waals surface area contributed by atoms with E-state index in [9.17, 15) is 4.79 Å². The fraction of sp³-hybridized carbons (Fsp3) is 0.929. The van der Waals surface area contributed by atoms with Crippen molar-refractivity contribution in [2.45, 2.75) is 43.9 Å². The van der Waals surface area contributed by atoms with Gasteiger partial charge in [0.1, 0.15) is 0 Å². The minimum Gasteiger partial charge on any atom is -0.378 e. The number of carbonyl (C=O) groups excluding carboxylic acids is 1. The summed E-state index contributed by atoms with van der Waals surface area (Å²) in [7, 11) is 0. The maximum atomic E-state index is 12.4. The predicted octanol–water partition coefficient (Wildman–Crippen LogP) is 1.92. The molecule has 0 aromatic rings. The normalized spacial score (nSPS) is 27.6. The van der Waals surface area contributed by atoms with Crippen molar-refractivity contribution in [1.82, 2.24) is 10.2 Å². The van der Waals surface area contributed by atoms with Crippen LogP contribution < -0.4 is 5.32 Å². The Morgan fingerprint density at radius 3 is 3.00 bits per heavy atom. The summed E-state index contributed by atoms with van der Waals surface area (Å²) in [6, 6.07) is 0.210. The van der Waals surface area contributed by atoms with E-state index in [2.05, 4.69) is 17.1 Å². The Labute approximate surface area is 132 Å². The summed E-state index contributed by atoms with van der Waals surface area (Å²) in [6.07, 6.45) is 4.25. The third kappa shape index (κ3) is 5.80. The lowest BCUT2D eigenvalue weighted by Gasteiger charge is -2.28. The van der Waals surface area contributed by atoms with Crippen molar-refractivity contribution < 1.29 is 9.53 Å². The van der Waals surface area contributed by atoms with E-state index in [0.29, 0.717) is 24.2 Å². The SMILES string of the molecule is CCSC1CCCCN(C(=O)CC2COCCN2)C1.Cl. The largest absolute Gasteiger partial charge is 0.378 e. The van der Waals surface area contributed by atoms with Gasteiger partial charge in [-0.3, -0.25) is 4.79 Å². The first kappa shape index (κ1) is 18.1. The van der Waals surface area contributed by atoms with Crippen LogP contribution in [0.2, 0.25) is 0 Å². The minimum atomic E-state index is 0. The average molecular weight is 323 g/mol. The molecule has 1 N–H and O–H groups in total. The summed E-state index contributed by atoms with van der Waals surface area (Å²) in [4.78, 5) is 14.5. The maximum absolute atomic E-state index is 12.4. The highest BCUT2D eigenvalue weighted by molar-refractivity contribution is 7.99. The highest BCUT2D eigenvalue weighted by Crippen LogP contribution is 2.22. The summed E-state index contributed by atoms with van der Waals surface area (Å²) >= 11 is 2.00. The molecule has 2 aliphatic rings. The molecule has 0 aromatic carbocycles. The van der Waals surface area contributed by atoms with E-state index in [1.807, 2.05) is 11.8 Å². The molecule has 20 heavy (non-hydrogen) atoms. The number of amides is 1. The molecule has 0 spiro atoms. The number of morpholine rings is 1. The van der Waals surface area contributed by atoms with Crippen molar-refractivity contribution in [3.8, 4) is 0 Å². The van der Waals surface area contributed by atoms with Crippen LogP contribution in [-0.4, -0.2) is 60.7 Å². The molecule has 2 atom stereocenters. The zero-order valence-corrected chi connectivity index (χ0v) is 13.9. The van der Waals surface area contributed by atoms with E-state index in [-0.39, 0.29) is 18.4 Å². The van der Waals surface area contributed by atoms with E-state index in [4.69, 9.17) is 4.74 Å². The number of hydrogen-bond acceptors (Lipinski definition) is 4. The molecule has 0 aliphatic carbocycles. The van der Waals surface area contributed by atoms with Gasteiger partial charge in [-0.2, -0.15) is 11.8 Å².